The van der Waals surface area contributed by atoms with Gasteiger partial charge in [-0.1, -0.05) is 111 Å². The van der Waals surface area contributed by atoms with Crippen molar-refractivity contribution in [2.75, 3.05) is 23.8 Å². The summed E-state index contributed by atoms with van der Waals surface area (Å²) in [6.07, 6.45) is 7.27. The first-order valence-electron chi connectivity index (χ1n) is 22.8. The summed E-state index contributed by atoms with van der Waals surface area (Å²) in [4.78, 5) is 42.6. The fraction of sp³-hybridized carbons (Fsp3) is 0.208. The van der Waals surface area contributed by atoms with E-state index in [4.69, 9.17) is 8.83 Å². The number of carboxylic acids is 1. The molecule has 0 spiro atoms. The highest BCUT2D eigenvalue weighted by atomic mass is 32.2. The molecule has 2 amide bonds. The number of likely N-dealkylation sites (N-methyl/N-ethyl adjacent to an activating group) is 1. The van der Waals surface area contributed by atoms with Gasteiger partial charge < -0.3 is 23.9 Å². The Labute approximate surface area is 414 Å². The van der Waals surface area contributed by atoms with Crippen LogP contribution in [0.2, 0.25) is 0 Å². The maximum absolute atomic E-state index is 14.2. The number of hydrogen-bond acceptors (Lipinski definition) is 11. The van der Waals surface area contributed by atoms with Crippen molar-refractivity contribution in [1.82, 2.24) is 19.5 Å². The Morgan fingerprint density at radius 2 is 1.43 bits per heavy atom. The highest BCUT2D eigenvalue weighted by Crippen LogP contribution is 2.35. The van der Waals surface area contributed by atoms with Gasteiger partial charge in [0.2, 0.25) is 11.7 Å². The Bertz CT molecular complexity index is 3140. The van der Waals surface area contributed by atoms with Crippen LogP contribution < -0.4 is 10.2 Å². The molecular weight excluding hydrogens is 960 g/mol. The van der Waals surface area contributed by atoms with Gasteiger partial charge >= 0.3 is 12.0 Å². The number of carboxylic acid groups (broad SMARTS) is 1. The third-order valence-electron chi connectivity index (χ3n) is 11.4. The molecule has 19 heteroatoms. The van der Waals surface area contributed by atoms with Gasteiger partial charge in [-0.3, -0.25) is 14.9 Å². The van der Waals surface area contributed by atoms with E-state index in [0.29, 0.717) is 22.9 Å². The smallest absolute Gasteiger partial charge is 0.339 e. The Balaban J connectivity index is 0.000000215. The van der Waals surface area contributed by atoms with Gasteiger partial charge in [-0.2, -0.15) is 0 Å². The lowest BCUT2D eigenvalue weighted by Crippen LogP contribution is -2.37. The number of aromatic hydroxyl groups is 1. The normalized spacial score (nSPS) is 12.4. The molecule has 0 radical (unpaired) electrons. The van der Waals surface area contributed by atoms with Crippen LogP contribution in [0.15, 0.2) is 135 Å². The molecule has 0 atom stereocenters. The minimum absolute atomic E-state index is 0.00330. The van der Waals surface area contributed by atoms with Crippen LogP contribution in [0.25, 0.3) is 33.8 Å². The molecule has 9 rings (SSSR count). The van der Waals surface area contributed by atoms with Crippen molar-refractivity contribution in [3.63, 3.8) is 0 Å². The van der Waals surface area contributed by atoms with Crippen LogP contribution in [-0.2, 0) is 11.3 Å². The summed E-state index contributed by atoms with van der Waals surface area (Å²) in [6, 6.07) is 33.6. The number of nitrogens with one attached hydrogen (secondary N) is 1. The summed E-state index contributed by atoms with van der Waals surface area (Å²) in [6.45, 7) is 3.46. The fourth-order valence-corrected chi connectivity index (χ4v) is 8.72. The van der Waals surface area contributed by atoms with Crippen molar-refractivity contribution in [1.29, 1.82) is 0 Å². The third-order valence-corrected chi connectivity index (χ3v) is 12.4. The number of carbonyl (C=O) groups excluding carboxylic acids is 2. The van der Waals surface area contributed by atoms with Crippen LogP contribution in [-0.4, -0.2) is 61.1 Å². The number of amides is 2. The maximum atomic E-state index is 14.2. The second-order valence-electron chi connectivity index (χ2n) is 16.1. The molecular formula is C53H47F5N6O7S. The van der Waals surface area contributed by atoms with Crippen LogP contribution in [0.5, 0.6) is 5.75 Å². The molecule has 5 aromatic carbocycles. The molecule has 0 saturated heterocycles. The van der Waals surface area contributed by atoms with E-state index >= 15 is 0 Å². The molecule has 3 heterocycles. The summed E-state index contributed by atoms with van der Waals surface area (Å²) >= 11 is 0.170. The van der Waals surface area contributed by atoms with Gasteiger partial charge in [0.1, 0.15) is 16.2 Å². The number of benzene rings is 5. The van der Waals surface area contributed by atoms with Gasteiger partial charge in [-0.25, -0.2) is 36.0 Å². The number of aromatic carboxylic acids is 1. The highest BCUT2D eigenvalue weighted by Gasteiger charge is 2.29. The Morgan fingerprint density at radius 3 is 2.08 bits per heavy atom. The summed E-state index contributed by atoms with van der Waals surface area (Å²) in [5, 5.41) is 30.6. The second-order valence-corrected chi connectivity index (χ2v) is 17.3. The number of phenols is 1. The van der Waals surface area contributed by atoms with Crippen LogP contribution in [0.3, 0.4) is 0 Å². The van der Waals surface area contributed by atoms with Gasteiger partial charge in [0.05, 0.1) is 36.1 Å². The van der Waals surface area contributed by atoms with E-state index in [9.17, 15) is 46.5 Å². The second kappa shape index (κ2) is 23.8. The molecule has 0 bridgehead atoms. The number of carbonyl (C=O) groups is 3. The van der Waals surface area contributed by atoms with E-state index in [-0.39, 0.29) is 47.6 Å². The van der Waals surface area contributed by atoms with E-state index in [1.807, 2.05) is 92.7 Å². The third kappa shape index (κ3) is 12.2. The maximum Gasteiger partial charge on any atom is 0.339 e. The van der Waals surface area contributed by atoms with Crippen molar-refractivity contribution >= 4 is 52.3 Å². The average Bonchev–Trinajstić information content (AvgIpc) is 4.12. The molecule has 8 aromatic rings. The monoisotopic (exact) mass is 1010 g/mol. The minimum Gasteiger partial charge on any atom is -0.507 e. The van der Waals surface area contributed by atoms with Crippen molar-refractivity contribution in [2.45, 2.75) is 63.3 Å². The van der Waals surface area contributed by atoms with Crippen LogP contribution in [0.1, 0.15) is 83.7 Å². The summed E-state index contributed by atoms with van der Waals surface area (Å²) in [5.74, 6) is -12.4. The summed E-state index contributed by atoms with van der Waals surface area (Å²) in [5.41, 5.74) is 4.48. The zero-order chi connectivity index (χ0) is 51.5. The predicted octanol–water partition coefficient (Wildman–Crippen LogP) is 12.8. The van der Waals surface area contributed by atoms with Gasteiger partial charge in [-0.15, -0.1) is 5.10 Å². The number of anilines is 2. The SMILES string of the molecule is CC.CN(CC(=O)N(Cc1ccc(C2CCCCC2)cc1)c1ccc(C(=O)O)c(O)c1)Sc1c(F)c(F)c(F)c(F)c1F.O=C(Nc1nnc(-c2ccco2)o1)c1cc(-c2ccccc2)nc2ccccc12. The van der Waals surface area contributed by atoms with Crippen LogP contribution in [0, 0.1) is 29.1 Å². The molecule has 72 heavy (non-hydrogen) atoms. The van der Waals surface area contributed by atoms with Crippen LogP contribution in [0.4, 0.5) is 33.7 Å². The van der Waals surface area contributed by atoms with Crippen molar-refractivity contribution < 1.29 is 55.4 Å². The fourth-order valence-electron chi connectivity index (χ4n) is 7.89. The van der Waals surface area contributed by atoms with Crippen molar-refractivity contribution in [3.8, 4) is 28.7 Å². The molecule has 1 saturated carbocycles. The number of pyridine rings is 1. The van der Waals surface area contributed by atoms with Gasteiger partial charge in [0.25, 0.3) is 11.8 Å². The zero-order valence-electron chi connectivity index (χ0n) is 39.0. The predicted molar refractivity (Wildman–Crippen MR) is 262 cm³/mol. The number of nitrogens with zero attached hydrogens (tertiary/aromatic N) is 5. The molecule has 372 valence electrons. The molecule has 1 aliphatic carbocycles. The van der Waals surface area contributed by atoms with E-state index in [2.05, 4.69) is 20.5 Å². The number of rotatable bonds is 13. The molecule has 3 aromatic heterocycles. The Kier molecular flexibility index (Phi) is 17.2. The molecule has 1 fully saturated rings. The number of furan rings is 1. The first-order valence-corrected chi connectivity index (χ1v) is 23.5. The van der Waals surface area contributed by atoms with E-state index < -0.39 is 58.2 Å². The average molecular weight is 1010 g/mol. The van der Waals surface area contributed by atoms with Gasteiger partial charge in [0.15, 0.2) is 29.0 Å². The minimum atomic E-state index is -2.28. The van der Waals surface area contributed by atoms with Crippen molar-refractivity contribution in [2.24, 2.45) is 0 Å². The lowest BCUT2D eigenvalue weighted by Gasteiger charge is -2.26. The van der Waals surface area contributed by atoms with Crippen molar-refractivity contribution in [3.05, 3.63) is 173 Å². The number of halogens is 5. The lowest BCUT2D eigenvalue weighted by molar-refractivity contribution is -0.118. The number of para-hydroxylation sites is 1. The Hall–Kier alpha value is -7.90. The standard InChI is InChI=1S/C29H27F5N2O4S.C22H14N4O3.C2H6/c1-35(41-28-26(33)24(31)23(30)25(32)27(28)34)15-22(38)36(19-11-12-20(29(39)40)21(37)13-19)14-16-7-9-18(10-8-16)17-5-3-2-4-6-17;27-20(24-22-26-25-21(29-22)19-11-6-12-28-19)16-13-18(14-7-2-1-3-8-14)23-17-10-5-4-9-15(16)17;1-2/h7-13,17,37H,2-6,14-15H2,1H3,(H,39,40);1-13H,(H,24,26,27);1-2H3. The van der Waals surface area contributed by atoms with E-state index in [1.54, 1.807) is 18.2 Å². The number of hydrogen-bond donors (Lipinski definition) is 3. The van der Waals surface area contributed by atoms with Gasteiger partial charge in [-0.05, 0) is 85.3 Å². The number of aromatic nitrogens is 3. The molecule has 1 aliphatic rings. The first kappa shape index (κ1) is 51.9. The van der Waals surface area contributed by atoms with E-state index in [0.717, 1.165) is 51.3 Å². The highest BCUT2D eigenvalue weighted by molar-refractivity contribution is 7.97. The Morgan fingerprint density at radius 1 is 0.764 bits per heavy atom. The summed E-state index contributed by atoms with van der Waals surface area (Å²) < 4.78 is 80.8. The lowest BCUT2D eigenvalue weighted by atomic mass is 9.84. The topological polar surface area (TPSA) is 175 Å². The van der Waals surface area contributed by atoms with Crippen LogP contribution >= 0.6 is 11.9 Å². The van der Waals surface area contributed by atoms with Gasteiger partial charge in [0, 0.05) is 22.7 Å². The molecule has 3 N–H and O–H groups in total. The summed E-state index contributed by atoms with van der Waals surface area (Å²) in [7, 11) is 1.24. The largest absolute Gasteiger partial charge is 0.507 e. The number of fused-ring (bicyclic) bond motifs is 1. The molecule has 13 nitrogen and oxygen atoms in total. The van der Waals surface area contributed by atoms with E-state index in [1.165, 1.54) is 49.1 Å². The quantitative estimate of drug-likeness (QED) is 0.0432. The molecule has 0 unspecified atom stereocenters. The zero-order valence-corrected chi connectivity index (χ0v) is 39.9. The molecule has 0 aliphatic heterocycles. The first-order chi connectivity index (χ1) is 34.7.